The maximum absolute atomic E-state index is 13.3. The Morgan fingerprint density at radius 1 is 0.970 bits per heavy atom. The molecule has 0 aliphatic carbocycles. The Morgan fingerprint density at radius 3 is 2.33 bits per heavy atom. The first kappa shape index (κ1) is 22.7. The molecule has 0 aromatic heterocycles. The van der Waals surface area contributed by atoms with Crippen molar-refractivity contribution in [1.29, 1.82) is 0 Å². The number of rotatable bonds is 6. The van der Waals surface area contributed by atoms with Gasteiger partial charge in [0.05, 0.1) is 5.69 Å². The Morgan fingerprint density at radius 2 is 1.64 bits per heavy atom. The highest BCUT2D eigenvalue weighted by Crippen LogP contribution is 2.26. The minimum atomic E-state index is -0.543. The summed E-state index contributed by atoms with van der Waals surface area (Å²) in [5, 5.41) is 3.32. The Balaban J connectivity index is 1.62. The fraction of sp³-hybridized carbons (Fsp3) is 0.115. The standard InChI is InChI=1S/C26H21ClN2O3S/c1-2-17-9-13-21(14-10-17)29-25(31)22(24(30)28-26(29)33)15-19-5-3-4-6-23(19)32-16-18-7-11-20(27)12-8-18/h3-15H,2,16H2,1H3,(H,28,30,33)/b22-15+. The van der Waals surface area contributed by atoms with Gasteiger partial charge in [0, 0.05) is 10.6 Å². The summed E-state index contributed by atoms with van der Waals surface area (Å²) in [6.07, 6.45) is 2.41. The zero-order chi connectivity index (χ0) is 23.4. The molecule has 2 amide bonds. The highest BCUT2D eigenvalue weighted by atomic mass is 35.5. The van der Waals surface area contributed by atoms with Gasteiger partial charge in [0.1, 0.15) is 17.9 Å². The highest BCUT2D eigenvalue weighted by Gasteiger charge is 2.34. The van der Waals surface area contributed by atoms with E-state index in [-0.39, 0.29) is 10.7 Å². The quantitative estimate of drug-likeness (QED) is 0.297. The molecule has 3 aromatic carbocycles. The van der Waals surface area contributed by atoms with Crippen molar-refractivity contribution in [2.45, 2.75) is 20.0 Å². The van der Waals surface area contributed by atoms with Crippen molar-refractivity contribution in [3.8, 4) is 5.75 Å². The van der Waals surface area contributed by atoms with Crippen LogP contribution in [0.1, 0.15) is 23.6 Å². The van der Waals surface area contributed by atoms with E-state index in [9.17, 15) is 9.59 Å². The predicted octanol–water partition coefficient (Wildman–Crippen LogP) is 5.31. The number of thiocarbonyl (C=S) groups is 1. The summed E-state index contributed by atoms with van der Waals surface area (Å²) in [5.74, 6) is -0.480. The second-order valence-corrected chi connectivity index (χ2v) is 8.25. The molecule has 0 bridgehead atoms. The Hall–Kier alpha value is -3.48. The van der Waals surface area contributed by atoms with E-state index < -0.39 is 11.8 Å². The molecule has 0 atom stereocenters. The number of nitrogens with zero attached hydrogens (tertiary/aromatic N) is 1. The van der Waals surface area contributed by atoms with E-state index in [4.69, 9.17) is 28.6 Å². The monoisotopic (exact) mass is 476 g/mol. The first-order valence-electron chi connectivity index (χ1n) is 10.4. The van der Waals surface area contributed by atoms with Gasteiger partial charge in [-0.1, -0.05) is 61.0 Å². The largest absolute Gasteiger partial charge is 0.488 e. The van der Waals surface area contributed by atoms with Gasteiger partial charge in [-0.2, -0.15) is 0 Å². The average Bonchev–Trinajstić information content (AvgIpc) is 2.82. The predicted molar refractivity (Wildman–Crippen MR) is 134 cm³/mol. The van der Waals surface area contributed by atoms with Crippen molar-refractivity contribution < 1.29 is 14.3 Å². The van der Waals surface area contributed by atoms with Crippen LogP contribution in [0.3, 0.4) is 0 Å². The third kappa shape index (κ3) is 5.13. The molecular formula is C26H21ClN2O3S. The fourth-order valence-electron chi connectivity index (χ4n) is 3.40. The second-order valence-electron chi connectivity index (χ2n) is 7.43. The summed E-state index contributed by atoms with van der Waals surface area (Å²) in [6.45, 7) is 2.37. The van der Waals surface area contributed by atoms with E-state index in [1.165, 1.54) is 11.0 Å². The normalized spacial score (nSPS) is 15.0. The van der Waals surface area contributed by atoms with Crippen LogP contribution in [0.2, 0.25) is 5.02 Å². The Labute approximate surface area is 202 Å². The molecule has 4 rings (SSSR count). The number of aryl methyl sites for hydroxylation is 1. The van der Waals surface area contributed by atoms with Crippen molar-refractivity contribution in [1.82, 2.24) is 5.32 Å². The van der Waals surface area contributed by atoms with Gasteiger partial charge in [0.2, 0.25) is 0 Å². The number of carbonyl (C=O) groups excluding carboxylic acids is 2. The first-order valence-corrected chi connectivity index (χ1v) is 11.2. The molecule has 1 fully saturated rings. The van der Waals surface area contributed by atoms with Gasteiger partial charge in [0.25, 0.3) is 11.8 Å². The maximum Gasteiger partial charge on any atom is 0.270 e. The SMILES string of the molecule is CCc1ccc(N2C(=O)/C(=C/c3ccccc3OCc3ccc(Cl)cc3)C(=O)NC2=S)cc1. The van der Waals surface area contributed by atoms with Gasteiger partial charge < -0.3 is 4.74 Å². The maximum atomic E-state index is 13.3. The molecule has 5 nitrogen and oxygen atoms in total. The molecule has 33 heavy (non-hydrogen) atoms. The van der Waals surface area contributed by atoms with Crippen LogP contribution in [0.25, 0.3) is 6.08 Å². The van der Waals surface area contributed by atoms with Gasteiger partial charge in [-0.05, 0) is 66.2 Å². The number of para-hydroxylation sites is 1. The molecular weight excluding hydrogens is 456 g/mol. The van der Waals surface area contributed by atoms with Crippen LogP contribution in [0.4, 0.5) is 5.69 Å². The molecule has 1 N–H and O–H groups in total. The molecule has 0 saturated carbocycles. The summed E-state index contributed by atoms with van der Waals surface area (Å²) in [5.41, 5.74) is 3.27. The number of anilines is 1. The Bertz CT molecular complexity index is 1240. The minimum absolute atomic E-state index is 0.0225. The van der Waals surface area contributed by atoms with Gasteiger partial charge >= 0.3 is 0 Å². The smallest absolute Gasteiger partial charge is 0.270 e. The van der Waals surface area contributed by atoms with Crippen molar-refractivity contribution in [3.05, 3.63) is 100 Å². The number of nitrogens with one attached hydrogen (secondary N) is 1. The van der Waals surface area contributed by atoms with E-state index in [0.717, 1.165) is 17.5 Å². The molecule has 7 heteroatoms. The molecule has 1 aliphatic rings. The number of halogens is 1. The van der Waals surface area contributed by atoms with Crippen molar-refractivity contribution >= 4 is 52.5 Å². The van der Waals surface area contributed by atoms with Crippen LogP contribution in [-0.2, 0) is 22.6 Å². The van der Waals surface area contributed by atoms with E-state index >= 15 is 0 Å². The van der Waals surface area contributed by atoms with Crippen LogP contribution in [0.5, 0.6) is 5.75 Å². The van der Waals surface area contributed by atoms with Crippen LogP contribution >= 0.6 is 23.8 Å². The summed E-state index contributed by atoms with van der Waals surface area (Å²) in [7, 11) is 0. The summed E-state index contributed by atoms with van der Waals surface area (Å²) in [6, 6.07) is 22.1. The van der Waals surface area contributed by atoms with Crippen LogP contribution < -0.4 is 15.0 Å². The fourth-order valence-corrected chi connectivity index (χ4v) is 3.81. The molecule has 1 heterocycles. The summed E-state index contributed by atoms with van der Waals surface area (Å²) < 4.78 is 5.96. The van der Waals surface area contributed by atoms with Gasteiger partial charge in [0.15, 0.2) is 5.11 Å². The highest BCUT2D eigenvalue weighted by molar-refractivity contribution is 7.80. The van der Waals surface area contributed by atoms with Crippen LogP contribution in [0.15, 0.2) is 78.4 Å². The molecule has 3 aromatic rings. The zero-order valence-corrected chi connectivity index (χ0v) is 19.5. The second kappa shape index (κ2) is 9.98. The topological polar surface area (TPSA) is 58.6 Å². The third-order valence-electron chi connectivity index (χ3n) is 5.23. The molecule has 166 valence electrons. The van der Waals surface area contributed by atoms with E-state index in [1.54, 1.807) is 24.3 Å². The number of amides is 2. The van der Waals surface area contributed by atoms with Crippen molar-refractivity contribution in [2.24, 2.45) is 0 Å². The van der Waals surface area contributed by atoms with Gasteiger partial charge in [-0.25, -0.2) is 0 Å². The van der Waals surface area contributed by atoms with Gasteiger partial charge in [-0.15, -0.1) is 0 Å². The molecule has 0 unspecified atom stereocenters. The summed E-state index contributed by atoms with van der Waals surface area (Å²) >= 11 is 11.2. The lowest BCUT2D eigenvalue weighted by Gasteiger charge is -2.29. The van der Waals surface area contributed by atoms with Crippen LogP contribution in [-0.4, -0.2) is 16.9 Å². The zero-order valence-electron chi connectivity index (χ0n) is 17.9. The van der Waals surface area contributed by atoms with E-state index in [0.29, 0.717) is 28.6 Å². The third-order valence-corrected chi connectivity index (χ3v) is 5.77. The van der Waals surface area contributed by atoms with E-state index in [2.05, 4.69) is 12.2 Å². The number of ether oxygens (including phenoxy) is 1. The van der Waals surface area contributed by atoms with Crippen molar-refractivity contribution in [3.63, 3.8) is 0 Å². The lowest BCUT2D eigenvalue weighted by atomic mass is 10.1. The van der Waals surface area contributed by atoms with Crippen molar-refractivity contribution in [2.75, 3.05) is 4.90 Å². The molecule has 1 aliphatic heterocycles. The minimum Gasteiger partial charge on any atom is -0.488 e. The van der Waals surface area contributed by atoms with Gasteiger partial charge in [-0.3, -0.25) is 19.8 Å². The number of carbonyl (C=O) groups is 2. The number of benzene rings is 3. The molecule has 0 spiro atoms. The Kier molecular flexibility index (Phi) is 6.87. The lowest BCUT2D eigenvalue weighted by Crippen LogP contribution is -2.54. The lowest BCUT2D eigenvalue weighted by molar-refractivity contribution is -0.122. The van der Waals surface area contributed by atoms with E-state index in [1.807, 2.05) is 48.5 Å². The number of hydrogen-bond donors (Lipinski definition) is 1. The molecule has 0 radical (unpaired) electrons. The molecule has 1 saturated heterocycles. The summed E-state index contributed by atoms with van der Waals surface area (Å²) in [4.78, 5) is 27.3. The average molecular weight is 477 g/mol. The van der Waals surface area contributed by atoms with Crippen LogP contribution in [0, 0.1) is 0 Å². The first-order chi connectivity index (χ1) is 16.0. The number of hydrogen-bond acceptors (Lipinski definition) is 4.